The zero-order valence-electron chi connectivity index (χ0n) is 11.1. The average Bonchev–Trinajstić information content (AvgIpc) is 2.93. The molecule has 2 aromatic rings. The summed E-state index contributed by atoms with van der Waals surface area (Å²) >= 11 is 1.67. The van der Waals surface area contributed by atoms with Crippen LogP contribution in [0, 0.1) is 0 Å². The van der Waals surface area contributed by atoms with E-state index in [4.69, 9.17) is 0 Å². The Morgan fingerprint density at radius 1 is 1.37 bits per heavy atom. The summed E-state index contributed by atoms with van der Waals surface area (Å²) in [6.45, 7) is 5.26. The summed E-state index contributed by atoms with van der Waals surface area (Å²) in [5.74, 6) is 0. The van der Waals surface area contributed by atoms with Gasteiger partial charge in [0.25, 0.3) is 0 Å². The smallest absolute Gasteiger partial charge is 0.0795 e. The first-order chi connectivity index (χ1) is 9.33. The van der Waals surface area contributed by atoms with E-state index >= 15 is 0 Å². The normalized spacial score (nSPS) is 24.5. The second kappa shape index (κ2) is 5.82. The summed E-state index contributed by atoms with van der Waals surface area (Å²) in [6, 6.07) is 11.7. The van der Waals surface area contributed by atoms with Crippen molar-refractivity contribution >= 4 is 11.3 Å². The minimum absolute atomic E-state index is 0.444. The highest BCUT2D eigenvalue weighted by atomic mass is 32.1. The van der Waals surface area contributed by atoms with Crippen LogP contribution in [-0.4, -0.2) is 29.0 Å². The van der Waals surface area contributed by atoms with Gasteiger partial charge in [0.1, 0.15) is 0 Å². The van der Waals surface area contributed by atoms with E-state index in [1.165, 1.54) is 11.3 Å². The van der Waals surface area contributed by atoms with Crippen LogP contribution >= 0.6 is 11.3 Å². The van der Waals surface area contributed by atoms with Crippen LogP contribution in [0.4, 0.5) is 0 Å². The molecule has 3 nitrogen and oxygen atoms in total. The summed E-state index contributed by atoms with van der Waals surface area (Å²) in [6.07, 6.45) is 0. The molecule has 1 aliphatic heterocycles. The van der Waals surface area contributed by atoms with E-state index < -0.39 is 0 Å². The number of thiazole rings is 1. The molecule has 3 rings (SSSR count). The zero-order valence-corrected chi connectivity index (χ0v) is 11.9. The fourth-order valence-corrected chi connectivity index (χ4v) is 3.24. The average molecular weight is 273 g/mol. The third-order valence-electron chi connectivity index (χ3n) is 3.64. The fourth-order valence-electron chi connectivity index (χ4n) is 2.69. The molecule has 1 aliphatic rings. The highest BCUT2D eigenvalue weighted by Crippen LogP contribution is 2.25. The minimum atomic E-state index is 0.444. The maximum atomic E-state index is 4.42. The van der Waals surface area contributed by atoms with Crippen molar-refractivity contribution in [3.8, 4) is 0 Å². The Morgan fingerprint density at radius 2 is 2.21 bits per heavy atom. The van der Waals surface area contributed by atoms with E-state index in [9.17, 15) is 0 Å². The van der Waals surface area contributed by atoms with Crippen LogP contribution in [-0.2, 0) is 6.54 Å². The van der Waals surface area contributed by atoms with Crippen LogP contribution in [0.15, 0.2) is 41.2 Å². The molecule has 4 heteroatoms. The van der Waals surface area contributed by atoms with Crippen LogP contribution in [0.3, 0.4) is 0 Å². The summed E-state index contributed by atoms with van der Waals surface area (Å²) in [4.78, 5) is 6.95. The third kappa shape index (κ3) is 3.03. The van der Waals surface area contributed by atoms with Gasteiger partial charge in [-0.25, -0.2) is 4.98 Å². The van der Waals surface area contributed by atoms with Gasteiger partial charge in [0.05, 0.1) is 11.2 Å². The monoisotopic (exact) mass is 273 g/mol. The van der Waals surface area contributed by atoms with Crippen LogP contribution in [0.25, 0.3) is 0 Å². The molecule has 0 spiro atoms. The van der Waals surface area contributed by atoms with Gasteiger partial charge < -0.3 is 5.32 Å². The lowest BCUT2D eigenvalue weighted by Gasteiger charge is -2.39. The molecule has 1 N–H and O–H groups in total. The summed E-state index contributed by atoms with van der Waals surface area (Å²) < 4.78 is 0. The number of rotatable bonds is 3. The van der Waals surface area contributed by atoms with Gasteiger partial charge in [-0.15, -0.1) is 11.3 Å². The Kier molecular flexibility index (Phi) is 3.92. The number of benzene rings is 1. The van der Waals surface area contributed by atoms with Crippen molar-refractivity contribution in [3.05, 3.63) is 52.5 Å². The molecule has 2 unspecified atom stereocenters. The molecule has 1 saturated heterocycles. The number of nitrogens with one attached hydrogen (secondary N) is 1. The van der Waals surface area contributed by atoms with Crippen LogP contribution in [0.1, 0.15) is 24.2 Å². The van der Waals surface area contributed by atoms with Crippen molar-refractivity contribution in [1.29, 1.82) is 0 Å². The molecule has 0 saturated carbocycles. The number of aromatic nitrogens is 1. The van der Waals surface area contributed by atoms with Gasteiger partial charge in [0.2, 0.25) is 0 Å². The van der Waals surface area contributed by atoms with Crippen LogP contribution in [0.2, 0.25) is 0 Å². The maximum Gasteiger partial charge on any atom is 0.0795 e. The van der Waals surface area contributed by atoms with Crippen molar-refractivity contribution < 1.29 is 0 Å². The van der Waals surface area contributed by atoms with Crippen molar-refractivity contribution in [2.75, 3.05) is 13.1 Å². The summed E-state index contributed by atoms with van der Waals surface area (Å²) in [5, 5.41) is 5.73. The van der Waals surface area contributed by atoms with Crippen molar-refractivity contribution in [3.63, 3.8) is 0 Å². The first kappa shape index (κ1) is 12.8. The topological polar surface area (TPSA) is 28.2 Å². The lowest BCUT2D eigenvalue weighted by Crippen LogP contribution is -2.50. The van der Waals surface area contributed by atoms with Crippen molar-refractivity contribution in [2.24, 2.45) is 0 Å². The molecule has 0 bridgehead atoms. The molecule has 2 atom stereocenters. The van der Waals surface area contributed by atoms with E-state index in [-0.39, 0.29) is 0 Å². The van der Waals surface area contributed by atoms with Crippen molar-refractivity contribution in [2.45, 2.75) is 25.6 Å². The number of hydrogen-bond acceptors (Lipinski definition) is 4. The second-order valence-electron chi connectivity index (χ2n) is 5.15. The Balaban J connectivity index is 1.80. The molecule has 2 heterocycles. The Labute approximate surface area is 118 Å². The maximum absolute atomic E-state index is 4.42. The van der Waals surface area contributed by atoms with Crippen LogP contribution in [0.5, 0.6) is 0 Å². The highest BCUT2D eigenvalue weighted by molar-refractivity contribution is 7.07. The van der Waals surface area contributed by atoms with E-state index in [0.717, 1.165) is 19.6 Å². The molecular weight excluding hydrogens is 254 g/mol. The van der Waals surface area contributed by atoms with Gasteiger partial charge in [-0.1, -0.05) is 30.3 Å². The zero-order chi connectivity index (χ0) is 13.1. The first-order valence-electron chi connectivity index (χ1n) is 6.72. The molecule has 0 amide bonds. The van der Waals surface area contributed by atoms with Gasteiger partial charge >= 0.3 is 0 Å². The fraction of sp³-hybridized carbons (Fsp3) is 0.400. The molecule has 0 aliphatic carbocycles. The molecule has 100 valence electrons. The minimum Gasteiger partial charge on any atom is -0.311 e. The van der Waals surface area contributed by atoms with E-state index in [1.807, 2.05) is 5.51 Å². The Hall–Kier alpha value is -1.23. The molecule has 1 aromatic heterocycles. The Morgan fingerprint density at radius 3 is 2.95 bits per heavy atom. The van der Waals surface area contributed by atoms with Gasteiger partial charge in [0, 0.05) is 37.1 Å². The molecule has 0 radical (unpaired) electrons. The largest absolute Gasteiger partial charge is 0.311 e. The Bertz CT molecular complexity index is 497. The van der Waals surface area contributed by atoms with E-state index in [0.29, 0.717) is 12.1 Å². The molecule has 19 heavy (non-hydrogen) atoms. The first-order valence-corrected chi connectivity index (χ1v) is 7.66. The predicted octanol–water partition coefficient (Wildman–Crippen LogP) is 2.68. The van der Waals surface area contributed by atoms with Crippen LogP contribution < -0.4 is 5.32 Å². The third-order valence-corrected chi connectivity index (χ3v) is 4.28. The van der Waals surface area contributed by atoms with Gasteiger partial charge in [-0.3, -0.25) is 4.90 Å². The predicted molar refractivity (Wildman–Crippen MR) is 79.2 cm³/mol. The number of piperazine rings is 1. The van der Waals surface area contributed by atoms with E-state index in [1.54, 1.807) is 11.3 Å². The van der Waals surface area contributed by atoms with E-state index in [2.05, 4.69) is 57.8 Å². The van der Waals surface area contributed by atoms with Gasteiger partial charge in [0.15, 0.2) is 0 Å². The second-order valence-corrected chi connectivity index (χ2v) is 5.86. The standard InChI is InChI=1S/C15H19N3S/c1-12-8-18(9-14-10-19-11-17-14)15(7-16-12)13-5-3-2-4-6-13/h2-6,10-12,15-16H,7-9H2,1H3. The molecular formula is C15H19N3S. The number of nitrogens with zero attached hydrogens (tertiary/aromatic N) is 2. The van der Waals surface area contributed by atoms with Gasteiger partial charge in [-0.2, -0.15) is 0 Å². The summed E-state index contributed by atoms with van der Waals surface area (Å²) in [5.41, 5.74) is 4.48. The SMILES string of the molecule is CC1CN(Cc2cscn2)C(c2ccccc2)CN1. The highest BCUT2D eigenvalue weighted by Gasteiger charge is 2.27. The molecule has 1 fully saturated rings. The van der Waals surface area contributed by atoms with Crippen molar-refractivity contribution in [1.82, 2.24) is 15.2 Å². The summed E-state index contributed by atoms with van der Waals surface area (Å²) in [7, 11) is 0. The quantitative estimate of drug-likeness (QED) is 0.932. The lowest BCUT2D eigenvalue weighted by molar-refractivity contribution is 0.126. The molecule has 1 aromatic carbocycles. The lowest BCUT2D eigenvalue weighted by atomic mass is 10.0. The number of hydrogen-bond donors (Lipinski definition) is 1. The van der Waals surface area contributed by atoms with Gasteiger partial charge in [-0.05, 0) is 12.5 Å².